The van der Waals surface area contributed by atoms with Crippen LogP contribution in [0.2, 0.25) is 0 Å². The van der Waals surface area contributed by atoms with Crippen LogP contribution in [0.1, 0.15) is 20.3 Å². The van der Waals surface area contributed by atoms with Gasteiger partial charge in [-0.2, -0.15) is 10.4 Å². The van der Waals surface area contributed by atoms with Gasteiger partial charge in [-0.15, -0.1) is 0 Å². The molecular formula is C11H18N4. The Morgan fingerprint density at radius 3 is 2.80 bits per heavy atom. The van der Waals surface area contributed by atoms with E-state index in [0.29, 0.717) is 12.5 Å². The molecule has 1 aromatic rings. The average molecular weight is 206 g/mol. The van der Waals surface area contributed by atoms with E-state index in [4.69, 9.17) is 5.26 Å². The van der Waals surface area contributed by atoms with Crippen LogP contribution in [0.4, 0.5) is 0 Å². The number of hydrogen-bond donors (Lipinski definition) is 0. The fourth-order valence-electron chi connectivity index (χ4n) is 1.49. The molecule has 0 atom stereocenters. The molecule has 0 aliphatic rings. The first-order chi connectivity index (χ1) is 7.24. The van der Waals surface area contributed by atoms with E-state index in [1.165, 1.54) is 0 Å². The lowest BCUT2D eigenvalue weighted by atomic mass is 10.3. The molecule has 1 rings (SSSR count). The molecule has 1 aromatic heterocycles. The van der Waals surface area contributed by atoms with E-state index in [0.717, 1.165) is 19.6 Å². The minimum absolute atomic E-state index is 0.480. The van der Waals surface area contributed by atoms with E-state index in [1.807, 2.05) is 16.9 Å². The summed E-state index contributed by atoms with van der Waals surface area (Å²) >= 11 is 0. The number of rotatable bonds is 6. The lowest BCUT2D eigenvalue weighted by Crippen LogP contribution is -2.34. The van der Waals surface area contributed by atoms with Crippen molar-refractivity contribution in [2.45, 2.75) is 32.9 Å². The van der Waals surface area contributed by atoms with Gasteiger partial charge in [-0.25, -0.2) is 0 Å². The highest BCUT2D eigenvalue weighted by atomic mass is 15.3. The Bertz CT molecular complexity index is 297. The van der Waals surface area contributed by atoms with Crippen LogP contribution >= 0.6 is 0 Å². The molecule has 82 valence electrons. The normalized spacial score (nSPS) is 10.9. The highest BCUT2D eigenvalue weighted by Gasteiger charge is 2.08. The summed E-state index contributed by atoms with van der Waals surface area (Å²) in [5.41, 5.74) is 0. The second-order valence-corrected chi connectivity index (χ2v) is 3.81. The maximum absolute atomic E-state index is 8.55. The number of nitrogens with zero attached hydrogens (tertiary/aromatic N) is 4. The van der Waals surface area contributed by atoms with Gasteiger partial charge in [0.2, 0.25) is 0 Å². The Morgan fingerprint density at radius 1 is 1.47 bits per heavy atom. The summed E-state index contributed by atoms with van der Waals surface area (Å²) in [5, 5.41) is 12.7. The summed E-state index contributed by atoms with van der Waals surface area (Å²) in [5.74, 6) is 0. The van der Waals surface area contributed by atoms with Gasteiger partial charge in [0.1, 0.15) is 0 Å². The zero-order valence-corrected chi connectivity index (χ0v) is 9.43. The number of aromatic nitrogens is 2. The Labute approximate surface area is 91.1 Å². The second kappa shape index (κ2) is 6.20. The van der Waals surface area contributed by atoms with E-state index in [1.54, 1.807) is 6.20 Å². The predicted octanol–water partition coefficient (Wildman–Crippen LogP) is 1.51. The summed E-state index contributed by atoms with van der Waals surface area (Å²) < 4.78 is 1.92. The Balaban J connectivity index is 2.35. The van der Waals surface area contributed by atoms with Gasteiger partial charge in [0.15, 0.2) is 0 Å². The van der Waals surface area contributed by atoms with Crippen LogP contribution in [0, 0.1) is 11.3 Å². The van der Waals surface area contributed by atoms with Gasteiger partial charge in [0.25, 0.3) is 0 Å². The van der Waals surface area contributed by atoms with Crippen molar-refractivity contribution in [3.8, 4) is 6.07 Å². The van der Waals surface area contributed by atoms with Crippen molar-refractivity contribution < 1.29 is 0 Å². The van der Waals surface area contributed by atoms with Crippen LogP contribution in [-0.4, -0.2) is 33.8 Å². The molecule has 0 radical (unpaired) electrons. The molecule has 4 nitrogen and oxygen atoms in total. The molecule has 0 saturated heterocycles. The van der Waals surface area contributed by atoms with Gasteiger partial charge in [-0.05, 0) is 19.9 Å². The zero-order valence-electron chi connectivity index (χ0n) is 9.43. The average Bonchev–Trinajstić information content (AvgIpc) is 2.70. The molecule has 0 unspecified atom stereocenters. The molecule has 1 heterocycles. The second-order valence-electron chi connectivity index (χ2n) is 3.81. The summed E-state index contributed by atoms with van der Waals surface area (Å²) in [6, 6.07) is 4.59. The predicted molar refractivity (Wildman–Crippen MR) is 59.2 cm³/mol. The Hall–Kier alpha value is -1.34. The zero-order chi connectivity index (χ0) is 11.1. The van der Waals surface area contributed by atoms with Crippen LogP contribution < -0.4 is 0 Å². The third kappa shape index (κ3) is 4.13. The van der Waals surface area contributed by atoms with Gasteiger partial charge < -0.3 is 0 Å². The molecule has 0 aromatic carbocycles. The van der Waals surface area contributed by atoms with E-state index < -0.39 is 0 Å². The summed E-state index contributed by atoms with van der Waals surface area (Å²) in [4.78, 5) is 2.30. The lowest BCUT2D eigenvalue weighted by Gasteiger charge is -2.25. The first kappa shape index (κ1) is 11.7. The maximum atomic E-state index is 8.55. The fourth-order valence-corrected chi connectivity index (χ4v) is 1.49. The molecule has 0 spiro atoms. The van der Waals surface area contributed by atoms with Crippen molar-refractivity contribution in [1.29, 1.82) is 5.26 Å². The van der Waals surface area contributed by atoms with Crippen molar-refractivity contribution in [2.24, 2.45) is 0 Å². The van der Waals surface area contributed by atoms with Crippen molar-refractivity contribution in [3.63, 3.8) is 0 Å². The van der Waals surface area contributed by atoms with Crippen LogP contribution in [0.25, 0.3) is 0 Å². The number of hydrogen-bond acceptors (Lipinski definition) is 3. The standard InChI is InChI=1S/C11H18N4/c1-11(2)14(7-3-5-12)9-10-15-8-4-6-13-15/h4,6,8,11H,3,7,9-10H2,1-2H3. The van der Waals surface area contributed by atoms with Gasteiger partial charge >= 0.3 is 0 Å². The minimum Gasteiger partial charge on any atom is -0.298 e. The highest BCUT2D eigenvalue weighted by Crippen LogP contribution is 2.00. The molecule has 0 aliphatic heterocycles. The quantitative estimate of drug-likeness (QED) is 0.708. The third-order valence-electron chi connectivity index (χ3n) is 2.42. The summed E-state index contributed by atoms with van der Waals surface area (Å²) in [7, 11) is 0. The third-order valence-corrected chi connectivity index (χ3v) is 2.42. The summed E-state index contributed by atoms with van der Waals surface area (Å²) in [6.07, 6.45) is 4.34. The first-order valence-corrected chi connectivity index (χ1v) is 5.32. The number of nitriles is 1. The van der Waals surface area contributed by atoms with Crippen molar-refractivity contribution in [2.75, 3.05) is 13.1 Å². The van der Waals surface area contributed by atoms with Crippen LogP contribution in [0.3, 0.4) is 0 Å². The first-order valence-electron chi connectivity index (χ1n) is 5.32. The SMILES string of the molecule is CC(C)N(CCC#N)CCn1cccn1. The molecular weight excluding hydrogens is 188 g/mol. The van der Waals surface area contributed by atoms with Gasteiger partial charge in [0, 0.05) is 37.9 Å². The maximum Gasteiger partial charge on any atom is 0.0635 e. The van der Waals surface area contributed by atoms with Crippen molar-refractivity contribution in [1.82, 2.24) is 14.7 Å². The Morgan fingerprint density at radius 2 is 2.27 bits per heavy atom. The minimum atomic E-state index is 0.480. The van der Waals surface area contributed by atoms with Crippen molar-refractivity contribution >= 4 is 0 Å². The molecule has 15 heavy (non-hydrogen) atoms. The van der Waals surface area contributed by atoms with E-state index in [9.17, 15) is 0 Å². The molecule has 4 heteroatoms. The molecule has 0 bridgehead atoms. The van der Waals surface area contributed by atoms with Gasteiger partial charge in [0.05, 0.1) is 12.6 Å². The van der Waals surface area contributed by atoms with Gasteiger partial charge in [-0.1, -0.05) is 0 Å². The van der Waals surface area contributed by atoms with Crippen LogP contribution in [0.15, 0.2) is 18.5 Å². The molecule has 0 amide bonds. The monoisotopic (exact) mass is 206 g/mol. The highest BCUT2D eigenvalue weighted by molar-refractivity contribution is 4.79. The Kier molecular flexibility index (Phi) is 4.85. The van der Waals surface area contributed by atoms with E-state index in [-0.39, 0.29) is 0 Å². The summed E-state index contributed by atoms with van der Waals surface area (Å²) in [6.45, 7) is 6.98. The molecule has 0 N–H and O–H groups in total. The van der Waals surface area contributed by atoms with Crippen LogP contribution in [-0.2, 0) is 6.54 Å². The van der Waals surface area contributed by atoms with Crippen LogP contribution in [0.5, 0.6) is 0 Å². The van der Waals surface area contributed by atoms with Crippen molar-refractivity contribution in [3.05, 3.63) is 18.5 Å². The topological polar surface area (TPSA) is 44.9 Å². The largest absolute Gasteiger partial charge is 0.298 e. The van der Waals surface area contributed by atoms with E-state index >= 15 is 0 Å². The molecule has 0 saturated carbocycles. The molecule has 0 fully saturated rings. The van der Waals surface area contributed by atoms with Gasteiger partial charge in [-0.3, -0.25) is 9.58 Å². The lowest BCUT2D eigenvalue weighted by molar-refractivity contribution is 0.215. The van der Waals surface area contributed by atoms with E-state index in [2.05, 4.69) is 29.9 Å². The smallest absolute Gasteiger partial charge is 0.0635 e. The fraction of sp³-hybridized carbons (Fsp3) is 0.636. The molecule has 0 aliphatic carbocycles.